The van der Waals surface area contributed by atoms with E-state index in [-0.39, 0.29) is 17.9 Å². The van der Waals surface area contributed by atoms with Gasteiger partial charge in [-0.1, -0.05) is 11.6 Å². The molecule has 9 heteroatoms. The number of likely N-dealkylation sites (tertiary alicyclic amines) is 1. The molecule has 4 rings (SSSR count). The monoisotopic (exact) mass is 497 g/mol. The van der Waals surface area contributed by atoms with Gasteiger partial charge < -0.3 is 14.9 Å². The van der Waals surface area contributed by atoms with Crippen LogP contribution in [0.4, 0.5) is 0 Å². The van der Waals surface area contributed by atoms with Crippen LogP contribution < -0.4 is 0 Å². The van der Waals surface area contributed by atoms with Crippen molar-refractivity contribution in [2.75, 3.05) is 39.3 Å². The van der Waals surface area contributed by atoms with Crippen molar-refractivity contribution >= 4 is 50.7 Å². The van der Waals surface area contributed by atoms with E-state index in [1.807, 2.05) is 11.0 Å². The van der Waals surface area contributed by atoms with Crippen molar-refractivity contribution in [3.63, 3.8) is 0 Å². The maximum Gasteiger partial charge on any atom is 0.264 e. The predicted molar refractivity (Wildman–Crippen MR) is 117 cm³/mol. The van der Waals surface area contributed by atoms with Gasteiger partial charge in [-0.2, -0.15) is 0 Å². The predicted octanol–water partition coefficient (Wildman–Crippen LogP) is 2.81. The average molecular weight is 499 g/mol. The molecule has 2 atom stereocenters. The number of hydrogen-bond acceptors (Lipinski definition) is 5. The number of benzene rings is 1. The second kappa shape index (κ2) is 8.73. The Bertz CT molecular complexity index is 899. The lowest BCUT2D eigenvalue weighted by Crippen LogP contribution is -2.54. The molecular weight excluding hydrogens is 478 g/mol. The van der Waals surface area contributed by atoms with Crippen molar-refractivity contribution in [3.8, 4) is 0 Å². The van der Waals surface area contributed by atoms with E-state index in [4.69, 9.17) is 11.6 Å². The number of hydrogen-bond donors (Lipinski definition) is 1. The summed E-state index contributed by atoms with van der Waals surface area (Å²) in [5.74, 6) is -0.0489. The van der Waals surface area contributed by atoms with E-state index in [0.29, 0.717) is 54.7 Å². The standard InChI is InChI=1S/C20H21BrClN3O3S/c21-18-6-5-17(29-18)20(28)25-11-15(16(26)12-25)23-7-9-24(10-8-23)19(27)13-1-3-14(22)4-2-13/h1-6,15-16,26H,7-12H2. The SMILES string of the molecule is O=C(c1ccc(Cl)cc1)N1CCN(C2CN(C(=O)c3ccc(Br)s3)CC2O)CC1. The molecule has 0 saturated carbocycles. The summed E-state index contributed by atoms with van der Waals surface area (Å²) < 4.78 is 0.915. The summed E-state index contributed by atoms with van der Waals surface area (Å²) in [6.07, 6.45) is -0.583. The van der Waals surface area contributed by atoms with Gasteiger partial charge in [0.05, 0.1) is 20.8 Å². The largest absolute Gasteiger partial charge is 0.390 e. The molecule has 29 heavy (non-hydrogen) atoms. The van der Waals surface area contributed by atoms with Crippen molar-refractivity contribution in [1.29, 1.82) is 0 Å². The Kier molecular flexibility index (Phi) is 6.27. The minimum absolute atomic E-state index is 0.00614. The first-order chi connectivity index (χ1) is 13.9. The molecule has 2 aromatic rings. The van der Waals surface area contributed by atoms with Crippen LogP contribution in [0.25, 0.3) is 0 Å². The number of β-amino-alcohol motifs (C(OH)–C–C–N with tert-alkyl or cyclic N) is 1. The van der Waals surface area contributed by atoms with E-state index in [0.717, 1.165) is 3.79 Å². The van der Waals surface area contributed by atoms with E-state index in [1.165, 1.54) is 11.3 Å². The van der Waals surface area contributed by atoms with Crippen molar-refractivity contribution in [2.24, 2.45) is 0 Å². The normalized spacial score (nSPS) is 22.9. The van der Waals surface area contributed by atoms with E-state index >= 15 is 0 Å². The molecule has 1 aromatic heterocycles. The van der Waals surface area contributed by atoms with E-state index in [1.54, 1.807) is 35.2 Å². The van der Waals surface area contributed by atoms with Crippen LogP contribution in [0.3, 0.4) is 0 Å². The van der Waals surface area contributed by atoms with Gasteiger partial charge in [0.1, 0.15) is 0 Å². The number of nitrogens with zero attached hydrogens (tertiary/aromatic N) is 3. The fraction of sp³-hybridized carbons (Fsp3) is 0.400. The van der Waals surface area contributed by atoms with Crippen LogP contribution in [-0.2, 0) is 0 Å². The van der Waals surface area contributed by atoms with Crippen LogP contribution in [0.2, 0.25) is 5.02 Å². The number of piperazine rings is 1. The lowest BCUT2D eigenvalue weighted by Gasteiger charge is -2.38. The minimum Gasteiger partial charge on any atom is -0.390 e. The van der Waals surface area contributed by atoms with Crippen LogP contribution in [0, 0.1) is 0 Å². The minimum atomic E-state index is -0.583. The summed E-state index contributed by atoms with van der Waals surface area (Å²) in [5, 5.41) is 11.2. The molecule has 1 aromatic carbocycles. The Hall–Kier alpha value is -1.45. The van der Waals surface area contributed by atoms with Gasteiger partial charge in [-0.15, -0.1) is 11.3 Å². The molecule has 3 heterocycles. The van der Waals surface area contributed by atoms with Gasteiger partial charge in [-0.05, 0) is 52.3 Å². The molecule has 1 N–H and O–H groups in total. The van der Waals surface area contributed by atoms with Gasteiger partial charge in [0.15, 0.2) is 0 Å². The highest BCUT2D eigenvalue weighted by atomic mass is 79.9. The fourth-order valence-corrected chi connectivity index (χ4v) is 5.39. The molecule has 0 radical (unpaired) electrons. The summed E-state index contributed by atoms with van der Waals surface area (Å²) in [4.78, 5) is 31.7. The number of carbonyl (C=O) groups is 2. The first-order valence-electron chi connectivity index (χ1n) is 9.44. The molecule has 2 unspecified atom stereocenters. The Morgan fingerprint density at radius 2 is 1.66 bits per heavy atom. The number of halogens is 2. The van der Waals surface area contributed by atoms with Crippen LogP contribution in [0.5, 0.6) is 0 Å². The molecule has 0 bridgehead atoms. The van der Waals surface area contributed by atoms with Crippen molar-refractivity contribution in [3.05, 3.63) is 55.6 Å². The Morgan fingerprint density at radius 3 is 2.28 bits per heavy atom. The number of amides is 2. The molecule has 0 aliphatic carbocycles. The van der Waals surface area contributed by atoms with Crippen LogP contribution in [0.15, 0.2) is 40.2 Å². The lowest BCUT2D eigenvalue weighted by atomic mass is 10.1. The van der Waals surface area contributed by atoms with Gasteiger partial charge in [-0.25, -0.2) is 0 Å². The van der Waals surface area contributed by atoms with E-state index < -0.39 is 6.10 Å². The first kappa shape index (κ1) is 20.8. The molecule has 2 fully saturated rings. The van der Waals surface area contributed by atoms with Gasteiger partial charge in [0, 0.05) is 49.9 Å². The van der Waals surface area contributed by atoms with Crippen molar-refractivity contribution in [2.45, 2.75) is 12.1 Å². The summed E-state index contributed by atoms with van der Waals surface area (Å²) in [5.41, 5.74) is 0.627. The first-order valence-corrected chi connectivity index (χ1v) is 11.4. The quantitative estimate of drug-likeness (QED) is 0.707. The highest BCUT2D eigenvalue weighted by molar-refractivity contribution is 9.11. The van der Waals surface area contributed by atoms with Crippen LogP contribution in [0.1, 0.15) is 20.0 Å². The second-order valence-corrected chi connectivity index (χ2v) is 10.2. The van der Waals surface area contributed by atoms with E-state index in [2.05, 4.69) is 20.8 Å². The molecule has 154 valence electrons. The van der Waals surface area contributed by atoms with Gasteiger partial charge >= 0.3 is 0 Å². The number of rotatable bonds is 3. The average Bonchev–Trinajstić information content (AvgIpc) is 3.33. The molecule has 2 aliphatic heterocycles. The van der Waals surface area contributed by atoms with Crippen molar-refractivity contribution in [1.82, 2.24) is 14.7 Å². The molecule has 6 nitrogen and oxygen atoms in total. The van der Waals surface area contributed by atoms with E-state index in [9.17, 15) is 14.7 Å². The Balaban J connectivity index is 1.34. The number of aliphatic hydroxyl groups is 1. The smallest absolute Gasteiger partial charge is 0.264 e. The Labute approximate surface area is 186 Å². The van der Waals surface area contributed by atoms with Gasteiger partial charge in [-0.3, -0.25) is 14.5 Å². The molecule has 0 spiro atoms. The van der Waals surface area contributed by atoms with Crippen LogP contribution in [-0.4, -0.2) is 83.0 Å². The maximum absolute atomic E-state index is 12.7. The zero-order valence-corrected chi connectivity index (χ0v) is 18.8. The number of aliphatic hydroxyl groups excluding tert-OH is 1. The zero-order valence-electron chi connectivity index (χ0n) is 15.6. The van der Waals surface area contributed by atoms with Gasteiger partial charge in [0.2, 0.25) is 0 Å². The third kappa shape index (κ3) is 4.51. The summed E-state index contributed by atoms with van der Waals surface area (Å²) in [6, 6.07) is 10.5. The highest BCUT2D eigenvalue weighted by Gasteiger charge is 2.39. The summed E-state index contributed by atoms with van der Waals surface area (Å²) >= 11 is 10.7. The van der Waals surface area contributed by atoms with Crippen molar-refractivity contribution < 1.29 is 14.7 Å². The number of thiophene rings is 1. The molecule has 2 saturated heterocycles. The summed E-state index contributed by atoms with van der Waals surface area (Å²) in [7, 11) is 0. The second-order valence-electron chi connectivity index (χ2n) is 7.28. The lowest BCUT2D eigenvalue weighted by molar-refractivity contribution is 0.0376. The molecule has 2 aliphatic rings. The zero-order chi connectivity index (χ0) is 20.5. The van der Waals surface area contributed by atoms with Crippen LogP contribution >= 0.6 is 38.9 Å². The maximum atomic E-state index is 12.7. The third-order valence-corrected chi connectivity index (χ3v) is 7.36. The molecular formula is C20H21BrClN3O3S. The fourth-order valence-electron chi connectivity index (χ4n) is 3.91. The summed E-state index contributed by atoms with van der Waals surface area (Å²) in [6.45, 7) is 3.37. The molecule has 2 amide bonds. The highest BCUT2D eigenvalue weighted by Crippen LogP contribution is 2.26. The van der Waals surface area contributed by atoms with Gasteiger partial charge in [0.25, 0.3) is 11.8 Å². The third-order valence-electron chi connectivity index (χ3n) is 5.49. The topological polar surface area (TPSA) is 64.1 Å². The Morgan fingerprint density at radius 1 is 0.966 bits per heavy atom. The number of carbonyl (C=O) groups excluding carboxylic acids is 2.